The molecular weight excluding hydrogens is 963 g/mol. The molecule has 4 saturated heterocycles. The van der Waals surface area contributed by atoms with Crippen LogP contribution in [0, 0.1) is 37.0 Å². The van der Waals surface area contributed by atoms with E-state index in [1.165, 1.54) is 23.1 Å². The van der Waals surface area contributed by atoms with E-state index in [4.69, 9.17) is 9.26 Å². The maximum absolute atomic E-state index is 14.9. The number of methoxy groups -OCH3 is 1. The SMILES string of the molecule is COc1cc(C(O)CN2CCC3(CC2)CN(CC2CCN(c4ccc(Cn5cc(-c6c(C)noc6C)ccc5=O)cc4)CC2)C3)ccc1NCC#Cc1cc2c(NC3CCN(C)C[C@@H]3F)cccc2n1CC(F)(F)F. The number of nitrogens with one attached hydrogen (secondary N) is 2. The molecule has 4 fully saturated rings. The van der Waals surface area contributed by atoms with Crippen molar-refractivity contribution < 1.29 is 31.9 Å². The van der Waals surface area contributed by atoms with Crippen LogP contribution in [0.1, 0.15) is 66.5 Å². The largest absolute Gasteiger partial charge is 0.495 e. The van der Waals surface area contributed by atoms with E-state index >= 15 is 0 Å². The Morgan fingerprint density at radius 2 is 1.71 bits per heavy atom. The van der Waals surface area contributed by atoms with Gasteiger partial charge in [-0.05, 0) is 143 Å². The molecule has 7 heterocycles. The lowest BCUT2D eigenvalue weighted by atomic mass is 9.71. The zero-order chi connectivity index (χ0) is 52.4. The molecule has 0 amide bonds. The quantitative estimate of drug-likeness (QED) is 0.0676. The van der Waals surface area contributed by atoms with Crippen molar-refractivity contribution in [2.45, 2.75) is 83.5 Å². The summed E-state index contributed by atoms with van der Waals surface area (Å²) >= 11 is 0. The van der Waals surface area contributed by atoms with Crippen molar-refractivity contribution in [2.24, 2.45) is 11.3 Å². The molecule has 17 heteroatoms. The molecule has 0 bridgehead atoms. The number of alkyl halides is 4. The molecule has 0 radical (unpaired) electrons. The Balaban J connectivity index is 0.662. The minimum absolute atomic E-state index is 0.0444. The fraction of sp³-hybridized carbons (Fsp3) is 0.483. The third-order valence-corrected chi connectivity index (χ3v) is 16.1. The van der Waals surface area contributed by atoms with Crippen molar-refractivity contribution in [1.29, 1.82) is 0 Å². The number of ether oxygens (including phenoxy) is 1. The van der Waals surface area contributed by atoms with E-state index in [0.717, 1.165) is 98.9 Å². The highest BCUT2D eigenvalue weighted by molar-refractivity contribution is 5.94. The smallest absolute Gasteiger partial charge is 0.406 e. The van der Waals surface area contributed by atoms with Crippen LogP contribution < -0.4 is 25.8 Å². The van der Waals surface area contributed by atoms with Gasteiger partial charge in [0.15, 0.2) is 0 Å². The number of benzene rings is 3. The van der Waals surface area contributed by atoms with Crippen molar-refractivity contribution >= 4 is 28.0 Å². The zero-order valence-corrected chi connectivity index (χ0v) is 43.4. The fourth-order valence-corrected chi connectivity index (χ4v) is 12.0. The molecule has 2 unspecified atom stereocenters. The first kappa shape index (κ1) is 52.1. The summed E-state index contributed by atoms with van der Waals surface area (Å²) in [5, 5.41) is 22.5. The number of β-amino-alcohol motifs (C(OH)–C–C–N with tert-alkyl or cyclic N) is 1. The number of aliphatic hydroxyl groups excluding tert-OH is 1. The molecule has 1 spiro atoms. The van der Waals surface area contributed by atoms with Crippen molar-refractivity contribution in [2.75, 3.05) is 102 Å². The van der Waals surface area contributed by atoms with E-state index in [1.807, 2.05) is 56.3 Å². The highest BCUT2D eigenvalue weighted by Gasteiger charge is 2.45. The lowest BCUT2D eigenvalue weighted by molar-refractivity contribution is -0.140. The number of rotatable bonds is 15. The Kier molecular flexibility index (Phi) is 15.4. The molecule has 3 aromatic carbocycles. The summed E-state index contributed by atoms with van der Waals surface area (Å²) in [5.74, 6) is 7.89. The topological polar surface area (TPSA) is 119 Å². The van der Waals surface area contributed by atoms with E-state index in [0.29, 0.717) is 65.4 Å². The van der Waals surface area contributed by atoms with Gasteiger partial charge >= 0.3 is 6.18 Å². The molecule has 0 aliphatic carbocycles. The third kappa shape index (κ3) is 12.0. The number of anilines is 3. The van der Waals surface area contributed by atoms with Crippen LogP contribution >= 0.6 is 0 Å². The summed E-state index contributed by atoms with van der Waals surface area (Å²) in [4.78, 5) is 22.2. The van der Waals surface area contributed by atoms with Gasteiger partial charge in [-0.3, -0.25) is 4.79 Å². The second-order valence-corrected chi connectivity index (χ2v) is 21.6. The number of hydrogen-bond donors (Lipinski definition) is 3. The zero-order valence-electron chi connectivity index (χ0n) is 43.4. The Labute approximate surface area is 436 Å². The Morgan fingerprint density at radius 1 is 0.933 bits per heavy atom. The van der Waals surface area contributed by atoms with Crippen LogP contribution in [0.25, 0.3) is 22.0 Å². The summed E-state index contributed by atoms with van der Waals surface area (Å²) in [6.07, 6.45) is 0.759. The molecule has 3 N–H and O–H groups in total. The first-order valence-electron chi connectivity index (χ1n) is 26.4. The lowest BCUT2D eigenvalue weighted by Crippen LogP contribution is -2.61. The van der Waals surface area contributed by atoms with Crippen molar-refractivity contribution in [3.8, 4) is 28.7 Å². The summed E-state index contributed by atoms with van der Waals surface area (Å²) < 4.78 is 70.5. The maximum Gasteiger partial charge on any atom is 0.406 e. The van der Waals surface area contributed by atoms with Crippen LogP contribution in [0.15, 0.2) is 94.4 Å². The highest BCUT2D eigenvalue weighted by Crippen LogP contribution is 2.42. The van der Waals surface area contributed by atoms with Crippen molar-refractivity contribution in [3.63, 3.8) is 0 Å². The third-order valence-electron chi connectivity index (χ3n) is 16.1. The first-order valence-corrected chi connectivity index (χ1v) is 26.4. The number of pyridine rings is 1. The number of hydrogen-bond acceptors (Lipinski definition) is 11. The number of piperidine rings is 3. The normalized spacial score (nSPS) is 20.2. The van der Waals surface area contributed by atoms with Gasteiger partial charge in [0.1, 0.15) is 24.2 Å². The summed E-state index contributed by atoms with van der Waals surface area (Å²) in [6, 6.07) is 23.9. The fourth-order valence-electron chi connectivity index (χ4n) is 12.0. The average molecular weight is 1030 g/mol. The lowest BCUT2D eigenvalue weighted by Gasteiger charge is -2.55. The number of aromatic nitrogens is 3. The minimum Gasteiger partial charge on any atom is -0.495 e. The minimum atomic E-state index is -4.47. The summed E-state index contributed by atoms with van der Waals surface area (Å²) in [7, 11) is 3.43. The van der Waals surface area contributed by atoms with Crippen LogP contribution in [-0.2, 0) is 13.1 Å². The monoisotopic (exact) mass is 1030 g/mol. The second kappa shape index (κ2) is 22.1. The molecule has 4 aliphatic heterocycles. The molecule has 4 aliphatic rings. The number of nitrogens with zero attached hydrogens (tertiary/aromatic N) is 7. The highest BCUT2D eigenvalue weighted by atomic mass is 19.4. The molecule has 0 saturated carbocycles. The average Bonchev–Trinajstić information content (AvgIpc) is 3.91. The van der Waals surface area contributed by atoms with Gasteiger partial charge in [0.05, 0.1) is 54.9 Å². The number of aliphatic hydroxyl groups is 1. The molecule has 3 atom stereocenters. The number of halogens is 4. The van der Waals surface area contributed by atoms with Crippen LogP contribution in [-0.4, -0.2) is 139 Å². The van der Waals surface area contributed by atoms with Crippen molar-refractivity contribution in [1.82, 2.24) is 29.0 Å². The molecule has 398 valence electrons. The Bertz CT molecular complexity index is 3040. The van der Waals surface area contributed by atoms with E-state index in [2.05, 4.69) is 66.6 Å². The van der Waals surface area contributed by atoms with E-state index < -0.39 is 31.0 Å². The summed E-state index contributed by atoms with van der Waals surface area (Å²) in [6.45, 7) is 12.1. The first-order chi connectivity index (χ1) is 36.1. The molecular formula is C58H69F4N9O4. The molecule has 6 aromatic rings. The van der Waals surface area contributed by atoms with E-state index in [-0.39, 0.29) is 17.8 Å². The van der Waals surface area contributed by atoms with Gasteiger partial charge in [-0.25, -0.2) is 4.39 Å². The van der Waals surface area contributed by atoms with E-state index in [1.54, 1.807) is 42.0 Å². The van der Waals surface area contributed by atoms with E-state index in [9.17, 15) is 27.5 Å². The summed E-state index contributed by atoms with van der Waals surface area (Å²) in [5.41, 5.74) is 7.83. The van der Waals surface area contributed by atoms with Gasteiger partial charge in [-0.1, -0.05) is 35.3 Å². The second-order valence-electron chi connectivity index (χ2n) is 21.6. The van der Waals surface area contributed by atoms with Crippen LogP contribution in [0.4, 0.5) is 34.6 Å². The molecule has 75 heavy (non-hydrogen) atoms. The van der Waals surface area contributed by atoms with Gasteiger partial charge in [0.2, 0.25) is 0 Å². The van der Waals surface area contributed by atoms with Gasteiger partial charge in [0.25, 0.3) is 5.56 Å². The Hall–Kier alpha value is -6.32. The van der Waals surface area contributed by atoms with Gasteiger partial charge in [-0.2, -0.15) is 13.2 Å². The Morgan fingerprint density at radius 3 is 2.41 bits per heavy atom. The number of aryl methyl sites for hydroxylation is 2. The van der Waals surface area contributed by atoms with Crippen LogP contribution in [0.5, 0.6) is 5.75 Å². The standard InChI is InChI=1S/C58H69F4N9O4/c1-39-56(40(2)75-65-39)44-13-17-55(73)70(33-44)32-41-10-14-45(15-11-41)69-25-18-42(19-26-69)31-68-36-57(37-68)21-27-67(28-22-57)35-53(72)43-12-16-51(54(29-43)74-4)63-23-6-7-46-30-47-49(64-50-20-24-66(3)34-48(50)59)8-5-9-52(47)71(46)38-58(60,61)62/h5,8-17,29-30,33,42,48,50,53,63-64,72H,18-28,31-32,34-38H2,1-4H3/t48-,50?,53?/m0/s1. The van der Waals surface area contributed by atoms with Gasteiger partial charge in [-0.15, -0.1) is 0 Å². The van der Waals surface area contributed by atoms with Crippen LogP contribution in [0.2, 0.25) is 0 Å². The number of fused-ring (bicyclic) bond motifs is 1. The van der Waals surface area contributed by atoms with Crippen LogP contribution in [0.3, 0.4) is 0 Å². The molecule has 3 aromatic heterocycles. The van der Waals surface area contributed by atoms with Gasteiger partial charge < -0.3 is 53.7 Å². The number of likely N-dealkylation sites (tertiary alicyclic amines) is 3. The predicted octanol–water partition coefficient (Wildman–Crippen LogP) is 8.96. The van der Waals surface area contributed by atoms with Crippen molar-refractivity contribution in [3.05, 3.63) is 124 Å². The molecule has 13 nitrogen and oxygen atoms in total. The molecule has 10 rings (SSSR count). The predicted molar refractivity (Wildman–Crippen MR) is 286 cm³/mol. The van der Waals surface area contributed by atoms with Gasteiger partial charge in [0, 0.05) is 92.5 Å². The maximum atomic E-state index is 14.9.